The minimum atomic E-state index is 0. The van der Waals surface area contributed by atoms with Gasteiger partial charge in [0, 0.05) is 26.3 Å². The predicted octanol–water partition coefficient (Wildman–Crippen LogP) is 1.53. The average Bonchev–Trinajstić information content (AvgIpc) is 2.33. The highest BCUT2D eigenvalue weighted by Crippen LogP contribution is 2.28. The van der Waals surface area contributed by atoms with Gasteiger partial charge in [-0.15, -0.1) is 12.4 Å². The largest absolute Gasteiger partial charge is 0.467 e. The zero-order valence-corrected chi connectivity index (χ0v) is 10.8. The van der Waals surface area contributed by atoms with E-state index in [4.69, 9.17) is 24.7 Å². The molecule has 0 aromatic heterocycles. The molecule has 0 radical (unpaired) electrons. The lowest BCUT2D eigenvalue weighted by Crippen LogP contribution is -2.08. The van der Waals surface area contributed by atoms with Crippen molar-refractivity contribution in [2.75, 3.05) is 27.8 Å². The normalized spacial score (nSPS) is 9.59. The highest BCUT2D eigenvalue weighted by atomic mass is 35.5. The number of hydrogen-bond acceptors (Lipinski definition) is 5. The van der Waals surface area contributed by atoms with Crippen LogP contribution in [0.3, 0.4) is 0 Å². The zero-order chi connectivity index (χ0) is 11.8. The molecule has 2 N–H and O–H groups in total. The number of benzene rings is 1. The van der Waals surface area contributed by atoms with Gasteiger partial charge in [-0.05, 0) is 12.1 Å². The Morgan fingerprint density at radius 3 is 1.82 bits per heavy atom. The van der Waals surface area contributed by atoms with E-state index < -0.39 is 0 Å². The van der Waals surface area contributed by atoms with Crippen molar-refractivity contribution in [2.45, 2.75) is 6.54 Å². The standard InChI is InChI=1S/C11H17NO4.ClH/c1-13-7-15-10-4-3-5-11(9(10)6-12)16-8-14-2;/h3-5H,6-8,12H2,1-2H3;1H. The number of methoxy groups -OCH3 is 2. The van der Waals surface area contributed by atoms with Gasteiger partial charge < -0.3 is 24.7 Å². The highest BCUT2D eigenvalue weighted by molar-refractivity contribution is 5.85. The molecule has 0 fully saturated rings. The predicted molar refractivity (Wildman–Crippen MR) is 66.6 cm³/mol. The smallest absolute Gasteiger partial charge is 0.188 e. The van der Waals surface area contributed by atoms with Crippen LogP contribution in [0.15, 0.2) is 18.2 Å². The van der Waals surface area contributed by atoms with Crippen molar-refractivity contribution in [3.63, 3.8) is 0 Å². The summed E-state index contributed by atoms with van der Waals surface area (Å²) in [5.41, 5.74) is 6.46. The number of hydrogen-bond donors (Lipinski definition) is 1. The number of rotatable bonds is 7. The van der Waals surface area contributed by atoms with Crippen molar-refractivity contribution in [3.05, 3.63) is 23.8 Å². The van der Waals surface area contributed by atoms with Crippen molar-refractivity contribution in [3.8, 4) is 11.5 Å². The average molecular weight is 264 g/mol. The van der Waals surface area contributed by atoms with E-state index in [1.54, 1.807) is 14.2 Å². The maximum atomic E-state index is 5.65. The van der Waals surface area contributed by atoms with Crippen LogP contribution in [0.4, 0.5) is 0 Å². The zero-order valence-electron chi connectivity index (χ0n) is 9.97. The summed E-state index contributed by atoms with van der Waals surface area (Å²) in [5, 5.41) is 0. The second-order valence-corrected chi connectivity index (χ2v) is 3.04. The lowest BCUT2D eigenvalue weighted by molar-refractivity contribution is 0.0447. The van der Waals surface area contributed by atoms with E-state index in [0.29, 0.717) is 18.0 Å². The van der Waals surface area contributed by atoms with E-state index >= 15 is 0 Å². The molecule has 0 saturated heterocycles. The summed E-state index contributed by atoms with van der Waals surface area (Å²) < 4.78 is 20.4. The molecule has 0 bridgehead atoms. The molecule has 1 aromatic rings. The van der Waals surface area contributed by atoms with E-state index in [0.717, 1.165) is 5.56 Å². The quantitative estimate of drug-likeness (QED) is 0.756. The van der Waals surface area contributed by atoms with Gasteiger partial charge in [-0.3, -0.25) is 0 Å². The fraction of sp³-hybridized carbons (Fsp3) is 0.455. The van der Waals surface area contributed by atoms with Gasteiger partial charge >= 0.3 is 0 Å². The van der Waals surface area contributed by atoms with Crippen molar-refractivity contribution < 1.29 is 18.9 Å². The molecule has 0 amide bonds. The molecule has 98 valence electrons. The van der Waals surface area contributed by atoms with E-state index in [2.05, 4.69) is 0 Å². The Balaban J connectivity index is 0.00000256. The number of ether oxygens (including phenoxy) is 4. The maximum absolute atomic E-state index is 5.65. The van der Waals surface area contributed by atoms with Gasteiger partial charge in [-0.25, -0.2) is 0 Å². The molecule has 0 aliphatic carbocycles. The monoisotopic (exact) mass is 263 g/mol. The van der Waals surface area contributed by atoms with Gasteiger partial charge in [0.05, 0.1) is 0 Å². The molecule has 0 unspecified atom stereocenters. The Morgan fingerprint density at radius 2 is 1.47 bits per heavy atom. The Hall–Kier alpha value is -1.01. The fourth-order valence-corrected chi connectivity index (χ4v) is 1.26. The van der Waals surface area contributed by atoms with Crippen molar-refractivity contribution in [2.24, 2.45) is 5.73 Å². The second kappa shape index (κ2) is 9.07. The summed E-state index contributed by atoms with van der Waals surface area (Å²) in [4.78, 5) is 0. The van der Waals surface area contributed by atoms with Gasteiger partial charge in [0.25, 0.3) is 0 Å². The summed E-state index contributed by atoms with van der Waals surface area (Å²) in [6.07, 6.45) is 0. The van der Waals surface area contributed by atoms with Gasteiger partial charge in [-0.1, -0.05) is 6.07 Å². The van der Waals surface area contributed by atoms with Crippen LogP contribution in [0.5, 0.6) is 11.5 Å². The van der Waals surface area contributed by atoms with Crippen LogP contribution in [0, 0.1) is 0 Å². The molecule has 0 aliphatic rings. The number of nitrogens with two attached hydrogens (primary N) is 1. The third-order valence-corrected chi connectivity index (χ3v) is 1.96. The topological polar surface area (TPSA) is 62.9 Å². The number of halogens is 1. The third kappa shape index (κ3) is 4.79. The molecule has 5 nitrogen and oxygen atoms in total. The molecule has 1 rings (SSSR count). The second-order valence-electron chi connectivity index (χ2n) is 3.04. The van der Waals surface area contributed by atoms with Crippen LogP contribution in [-0.2, 0) is 16.0 Å². The SMILES string of the molecule is COCOc1cccc(OCOC)c1CN.Cl. The molecule has 0 heterocycles. The van der Waals surface area contributed by atoms with Crippen LogP contribution in [-0.4, -0.2) is 27.8 Å². The van der Waals surface area contributed by atoms with Crippen molar-refractivity contribution >= 4 is 12.4 Å². The van der Waals surface area contributed by atoms with E-state index in [-0.39, 0.29) is 26.0 Å². The summed E-state index contributed by atoms with van der Waals surface area (Å²) in [6.45, 7) is 0.695. The molecule has 6 heteroatoms. The van der Waals surface area contributed by atoms with E-state index in [1.165, 1.54) is 0 Å². The fourth-order valence-electron chi connectivity index (χ4n) is 1.26. The molecule has 17 heavy (non-hydrogen) atoms. The Labute approximate surface area is 107 Å². The van der Waals surface area contributed by atoms with Gasteiger partial charge in [0.15, 0.2) is 13.6 Å². The van der Waals surface area contributed by atoms with E-state index in [9.17, 15) is 0 Å². The molecular weight excluding hydrogens is 246 g/mol. The van der Waals surface area contributed by atoms with Crippen LogP contribution in [0.2, 0.25) is 0 Å². The highest BCUT2D eigenvalue weighted by Gasteiger charge is 2.09. The molecule has 0 aliphatic heterocycles. The van der Waals surface area contributed by atoms with E-state index in [1.807, 2.05) is 18.2 Å². The molecular formula is C11H18ClNO4. The lowest BCUT2D eigenvalue weighted by Gasteiger charge is -2.14. The van der Waals surface area contributed by atoms with Gasteiger partial charge in [0.1, 0.15) is 11.5 Å². The Morgan fingerprint density at radius 1 is 1.00 bits per heavy atom. The Bertz CT molecular complexity index is 296. The molecule has 1 aromatic carbocycles. The first-order valence-corrected chi connectivity index (χ1v) is 4.89. The maximum Gasteiger partial charge on any atom is 0.188 e. The van der Waals surface area contributed by atoms with Crippen LogP contribution < -0.4 is 15.2 Å². The first-order chi connectivity index (χ1) is 7.83. The minimum Gasteiger partial charge on any atom is -0.467 e. The summed E-state index contributed by atoms with van der Waals surface area (Å²) in [6, 6.07) is 5.47. The molecule has 0 saturated carbocycles. The summed E-state index contributed by atoms with van der Waals surface area (Å²) >= 11 is 0. The molecule has 0 spiro atoms. The molecule has 0 atom stereocenters. The summed E-state index contributed by atoms with van der Waals surface area (Å²) in [7, 11) is 3.13. The van der Waals surface area contributed by atoms with Crippen molar-refractivity contribution in [1.29, 1.82) is 0 Å². The summed E-state index contributed by atoms with van der Waals surface area (Å²) in [5.74, 6) is 1.33. The minimum absolute atomic E-state index is 0. The Kier molecular flexibility index (Phi) is 8.53. The van der Waals surface area contributed by atoms with Gasteiger partial charge in [0.2, 0.25) is 0 Å². The first kappa shape index (κ1) is 16.0. The third-order valence-electron chi connectivity index (χ3n) is 1.96. The van der Waals surface area contributed by atoms with Crippen molar-refractivity contribution in [1.82, 2.24) is 0 Å². The van der Waals surface area contributed by atoms with Gasteiger partial charge in [-0.2, -0.15) is 0 Å². The van der Waals surface area contributed by atoms with Crippen LogP contribution in [0.25, 0.3) is 0 Å². The van der Waals surface area contributed by atoms with Crippen LogP contribution in [0.1, 0.15) is 5.56 Å². The lowest BCUT2D eigenvalue weighted by atomic mass is 10.2. The van der Waals surface area contributed by atoms with Crippen LogP contribution >= 0.6 is 12.4 Å². The first-order valence-electron chi connectivity index (χ1n) is 4.89.